The van der Waals surface area contributed by atoms with E-state index in [4.69, 9.17) is 21.7 Å². The van der Waals surface area contributed by atoms with Crippen LogP contribution in [0.15, 0.2) is 34.1 Å². The maximum Gasteiger partial charge on any atom is 0.414 e. The number of hydrogen-bond acceptors (Lipinski definition) is 7. The van der Waals surface area contributed by atoms with E-state index >= 15 is 0 Å². The molecular formula is C21H24BrN3O4S2. The van der Waals surface area contributed by atoms with Gasteiger partial charge in [0.15, 0.2) is 10.1 Å². The number of rotatable bonds is 5. The van der Waals surface area contributed by atoms with Crippen molar-refractivity contribution in [1.29, 1.82) is 0 Å². The molecule has 1 aromatic heterocycles. The number of anilines is 2. The maximum absolute atomic E-state index is 12.8. The number of nitrogens with one attached hydrogen (secondary N) is 2. The highest BCUT2D eigenvalue weighted by molar-refractivity contribution is 9.11. The Morgan fingerprint density at radius 3 is 2.74 bits per heavy atom. The van der Waals surface area contributed by atoms with Crippen molar-refractivity contribution in [1.82, 2.24) is 5.32 Å². The second kappa shape index (κ2) is 9.97. The minimum Gasteiger partial charge on any atom is -0.485 e. The van der Waals surface area contributed by atoms with Crippen molar-refractivity contribution in [3.05, 3.63) is 39.7 Å². The normalized spacial score (nSPS) is 14.5. The third-order valence-corrected chi connectivity index (χ3v) is 6.42. The molecule has 31 heavy (non-hydrogen) atoms. The van der Waals surface area contributed by atoms with Crippen molar-refractivity contribution in [3.8, 4) is 5.06 Å². The van der Waals surface area contributed by atoms with Gasteiger partial charge in [-0.2, -0.15) is 0 Å². The van der Waals surface area contributed by atoms with Gasteiger partial charge >= 0.3 is 6.09 Å². The van der Waals surface area contributed by atoms with Crippen LogP contribution in [0.3, 0.4) is 0 Å². The molecule has 2 N–H and O–H groups in total. The molecule has 1 fully saturated rings. The lowest BCUT2D eigenvalue weighted by Crippen LogP contribution is -2.53. The fourth-order valence-electron chi connectivity index (χ4n) is 3.08. The largest absolute Gasteiger partial charge is 0.485 e. The van der Waals surface area contributed by atoms with E-state index in [1.165, 1.54) is 11.3 Å². The predicted molar refractivity (Wildman–Crippen MR) is 130 cm³/mol. The molecule has 0 spiro atoms. The van der Waals surface area contributed by atoms with Crippen molar-refractivity contribution in [2.75, 3.05) is 29.9 Å². The molecule has 2 amide bonds. The Kier molecular flexibility index (Phi) is 7.55. The Hall–Kier alpha value is -2.17. The first-order chi connectivity index (χ1) is 14.6. The second-order valence-corrected chi connectivity index (χ2v) is 10.5. The fourth-order valence-corrected chi connectivity index (χ4v) is 4.52. The third-order valence-electron chi connectivity index (χ3n) is 4.67. The summed E-state index contributed by atoms with van der Waals surface area (Å²) in [5.41, 5.74) is 1.53. The number of benzene rings is 1. The molecule has 2 aromatic rings. The van der Waals surface area contributed by atoms with Crippen LogP contribution in [0.25, 0.3) is 0 Å². The summed E-state index contributed by atoms with van der Waals surface area (Å²) in [5.74, 6) is -0.353. The van der Waals surface area contributed by atoms with Crippen molar-refractivity contribution in [3.63, 3.8) is 0 Å². The van der Waals surface area contributed by atoms with Gasteiger partial charge in [-0.15, -0.1) is 0 Å². The number of carbonyl (C=O) groups excluding carboxylic acids is 2. The molecule has 0 unspecified atom stereocenters. The Bertz CT molecular complexity index is 993. The summed E-state index contributed by atoms with van der Waals surface area (Å²) >= 11 is 9.84. The highest BCUT2D eigenvalue weighted by Gasteiger charge is 2.31. The van der Waals surface area contributed by atoms with Crippen molar-refractivity contribution >= 4 is 67.9 Å². The zero-order valence-corrected chi connectivity index (χ0v) is 20.7. The van der Waals surface area contributed by atoms with E-state index in [0.717, 1.165) is 28.0 Å². The number of nitrogens with zero attached hydrogens (tertiary/aromatic N) is 1. The predicted octanol–water partition coefficient (Wildman–Crippen LogP) is 4.88. The molecule has 1 saturated heterocycles. The maximum atomic E-state index is 12.8. The van der Waals surface area contributed by atoms with E-state index in [9.17, 15) is 9.59 Å². The van der Waals surface area contributed by atoms with Crippen LogP contribution in [0.1, 0.15) is 25.8 Å². The van der Waals surface area contributed by atoms with Crippen LogP contribution in [-0.4, -0.2) is 42.3 Å². The number of aryl methyl sites for hydroxylation is 1. The number of thiophene rings is 1. The summed E-state index contributed by atoms with van der Waals surface area (Å²) in [6, 6.07) is 9.16. The van der Waals surface area contributed by atoms with Crippen LogP contribution in [-0.2, 0) is 9.53 Å². The van der Waals surface area contributed by atoms with E-state index in [1.54, 1.807) is 26.0 Å². The first-order valence-electron chi connectivity index (χ1n) is 9.72. The molecule has 1 aliphatic heterocycles. The van der Waals surface area contributed by atoms with Crippen LogP contribution >= 0.6 is 39.5 Å². The zero-order chi connectivity index (χ0) is 22.6. The number of amides is 2. The highest BCUT2D eigenvalue weighted by Crippen LogP contribution is 2.29. The van der Waals surface area contributed by atoms with Gasteiger partial charge in [-0.3, -0.25) is 4.79 Å². The Labute approximate surface area is 199 Å². The average Bonchev–Trinajstić information content (AvgIpc) is 2.95. The molecule has 1 aromatic carbocycles. The van der Waals surface area contributed by atoms with E-state index in [-0.39, 0.29) is 5.91 Å². The van der Waals surface area contributed by atoms with Gasteiger partial charge < -0.3 is 25.0 Å². The van der Waals surface area contributed by atoms with Crippen LogP contribution in [0.4, 0.5) is 16.2 Å². The number of halogens is 1. The summed E-state index contributed by atoms with van der Waals surface area (Å²) in [6.07, 6.45) is 0.205. The van der Waals surface area contributed by atoms with Gasteiger partial charge in [0.05, 0.1) is 16.9 Å². The van der Waals surface area contributed by atoms with Gasteiger partial charge in [-0.1, -0.05) is 11.3 Å². The molecule has 0 atom stereocenters. The quantitative estimate of drug-likeness (QED) is 0.541. The van der Waals surface area contributed by atoms with Crippen molar-refractivity contribution in [2.24, 2.45) is 0 Å². The molecule has 1 aliphatic rings. The third kappa shape index (κ3) is 6.41. The minimum atomic E-state index is -1.17. The van der Waals surface area contributed by atoms with Gasteiger partial charge in [0.1, 0.15) is 5.54 Å². The topological polar surface area (TPSA) is 79.9 Å². The number of thiocarbonyl (C=S) groups is 1. The van der Waals surface area contributed by atoms with Gasteiger partial charge in [-0.25, -0.2) is 4.79 Å². The molecule has 166 valence electrons. The molecule has 7 nitrogen and oxygen atoms in total. The zero-order valence-electron chi connectivity index (χ0n) is 17.5. The number of carbonyl (C=O) groups is 2. The lowest BCUT2D eigenvalue weighted by atomic mass is 10.0. The lowest BCUT2D eigenvalue weighted by molar-refractivity contribution is -0.121. The Morgan fingerprint density at radius 1 is 1.29 bits per heavy atom. The van der Waals surface area contributed by atoms with Crippen LogP contribution in [0.2, 0.25) is 0 Å². The van der Waals surface area contributed by atoms with Gasteiger partial charge in [0, 0.05) is 17.9 Å². The van der Waals surface area contributed by atoms with Gasteiger partial charge in [-0.05, 0) is 91.2 Å². The van der Waals surface area contributed by atoms with Crippen molar-refractivity contribution in [2.45, 2.75) is 32.7 Å². The molecular weight excluding hydrogens is 502 g/mol. The first kappa shape index (κ1) is 23.5. The molecule has 2 heterocycles. The SMILES string of the molecule is Cc1cc(NC(=O)C(C)(C)NC(=O)Oc2ccc(Br)s2)ccc1N1CCCOC(=S)C1. The lowest BCUT2D eigenvalue weighted by Gasteiger charge is -2.26. The molecule has 0 bridgehead atoms. The minimum absolute atomic E-state index is 0.353. The molecule has 10 heteroatoms. The van der Waals surface area contributed by atoms with Crippen LogP contribution in [0.5, 0.6) is 5.06 Å². The average molecular weight is 526 g/mol. The second-order valence-electron chi connectivity index (χ2n) is 7.65. The summed E-state index contributed by atoms with van der Waals surface area (Å²) in [7, 11) is 0. The standard InChI is InChI=1S/C21H24BrN3O4S2/c1-13-11-14(5-6-15(13)25-9-4-10-28-17(30)12-25)23-19(26)21(2,3)24-20(27)29-18-8-7-16(22)31-18/h5-8,11H,4,9-10,12H2,1-3H3,(H,23,26)(H,24,27). The highest BCUT2D eigenvalue weighted by atomic mass is 79.9. The number of hydrogen-bond donors (Lipinski definition) is 2. The van der Waals surface area contributed by atoms with E-state index in [2.05, 4.69) is 31.5 Å². The monoisotopic (exact) mass is 525 g/mol. The number of ether oxygens (including phenoxy) is 2. The van der Waals surface area contributed by atoms with E-state index in [1.807, 2.05) is 25.1 Å². The summed E-state index contributed by atoms with van der Waals surface area (Å²) in [6.45, 7) is 7.28. The summed E-state index contributed by atoms with van der Waals surface area (Å²) < 4.78 is 11.5. The molecule has 0 radical (unpaired) electrons. The van der Waals surface area contributed by atoms with Crippen molar-refractivity contribution < 1.29 is 19.1 Å². The van der Waals surface area contributed by atoms with Gasteiger partial charge in [0.25, 0.3) is 0 Å². The van der Waals surface area contributed by atoms with E-state index < -0.39 is 11.6 Å². The Morgan fingerprint density at radius 2 is 2.06 bits per heavy atom. The summed E-state index contributed by atoms with van der Waals surface area (Å²) in [4.78, 5) is 27.1. The smallest absolute Gasteiger partial charge is 0.414 e. The van der Waals surface area contributed by atoms with E-state index in [0.29, 0.717) is 29.0 Å². The fraction of sp³-hybridized carbons (Fsp3) is 0.381. The first-order valence-corrected chi connectivity index (χ1v) is 11.7. The summed E-state index contributed by atoms with van der Waals surface area (Å²) in [5, 5.41) is 6.49. The van der Waals surface area contributed by atoms with Gasteiger partial charge in [0.2, 0.25) is 5.91 Å². The Balaban J connectivity index is 1.62. The molecule has 0 aliphatic carbocycles. The molecule has 0 saturated carbocycles. The van der Waals surface area contributed by atoms with Crippen LogP contribution < -0.4 is 20.3 Å². The molecule has 3 rings (SSSR count). The van der Waals surface area contributed by atoms with Crippen LogP contribution in [0, 0.1) is 6.92 Å².